The minimum Gasteiger partial charge on any atom is -0.353 e. The second kappa shape index (κ2) is 4.86. The lowest BCUT2D eigenvalue weighted by molar-refractivity contribution is 0.632. The molecule has 0 bridgehead atoms. The van der Waals surface area contributed by atoms with Gasteiger partial charge >= 0.3 is 0 Å². The zero-order valence-electron chi connectivity index (χ0n) is 9.90. The molecule has 0 saturated carbocycles. The Balaban J connectivity index is 2.12. The number of hydrogen-bond donors (Lipinski definition) is 1. The first-order valence-electron chi connectivity index (χ1n) is 5.80. The van der Waals surface area contributed by atoms with Gasteiger partial charge in [0.1, 0.15) is 5.82 Å². The van der Waals surface area contributed by atoms with Crippen molar-refractivity contribution in [1.29, 1.82) is 0 Å². The van der Waals surface area contributed by atoms with Crippen LogP contribution in [0.3, 0.4) is 0 Å². The van der Waals surface area contributed by atoms with Gasteiger partial charge in [0.2, 0.25) is 0 Å². The van der Waals surface area contributed by atoms with Gasteiger partial charge in [0.25, 0.3) is 0 Å². The van der Waals surface area contributed by atoms with Crippen LogP contribution in [0.25, 0.3) is 10.9 Å². The van der Waals surface area contributed by atoms with Crippen LogP contribution in [0.1, 0.15) is 0 Å². The average Bonchev–Trinajstić information content (AvgIpc) is 2.42. The van der Waals surface area contributed by atoms with Gasteiger partial charge in [0.15, 0.2) is 0 Å². The Morgan fingerprint density at radius 1 is 0.947 bits per heavy atom. The van der Waals surface area contributed by atoms with E-state index in [4.69, 9.17) is 11.6 Å². The third kappa shape index (κ3) is 2.25. The molecule has 0 aliphatic carbocycles. The number of fused-ring (bicyclic) bond motifs is 1. The molecule has 94 valence electrons. The number of anilines is 2. The molecule has 3 aromatic rings. The predicted molar refractivity (Wildman–Crippen MR) is 76.4 cm³/mol. The molecular weight excluding hydrogens is 263 g/mol. The van der Waals surface area contributed by atoms with Crippen LogP contribution >= 0.6 is 11.6 Å². The molecule has 2 aromatic carbocycles. The molecule has 0 fully saturated rings. The van der Waals surface area contributed by atoms with Crippen molar-refractivity contribution in [1.82, 2.24) is 4.98 Å². The lowest BCUT2D eigenvalue weighted by Gasteiger charge is -2.10. The van der Waals surface area contributed by atoms with E-state index in [-0.39, 0.29) is 5.82 Å². The molecule has 3 rings (SSSR count). The van der Waals surface area contributed by atoms with Gasteiger partial charge in [-0.2, -0.15) is 0 Å². The standard InChI is InChI=1S/C15H10ClFN2/c16-11-5-3-4-10-13(8-9-18-15(10)11)19-14-7-2-1-6-12(14)17/h1-9H,(H,18,19). The Kier molecular flexibility index (Phi) is 3.05. The average molecular weight is 273 g/mol. The summed E-state index contributed by atoms with van der Waals surface area (Å²) >= 11 is 6.10. The smallest absolute Gasteiger partial charge is 0.146 e. The second-order valence-corrected chi connectivity index (χ2v) is 4.51. The number of para-hydroxylation sites is 2. The molecule has 2 nitrogen and oxygen atoms in total. The van der Waals surface area contributed by atoms with Gasteiger partial charge in [0, 0.05) is 17.3 Å². The summed E-state index contributed by atoms with van der Waals surface area (Å²) in [5.41, 5.74) is 1.90. The summed E-state index contributed by atoms with van der Waals surface area (Å²) in [4.78, 5) is 4.24. The Morgan fingerprint density at radius 2 is 1.79 bits per heavy atom. The SMILES string of the molecule is Fc1ccccc1Nc1ccnc2c(Cl)cccc12. The molecule has 0 saturated heterocycles. The first-order chi connectivity index (χ1) is 9.25. The van der Waals surface area contributed by atoms with E-state index in [9.17, 15) is 4.39 Å². The quantitative estimate of drug-likeness (QED) is 0.727. The highest BCUT2D eigenvalue weighted by Crippen LogP contribution is 2.29. The van der Waals surface area contributed by atoms with E-state index in [2.05, 4.69) is 10.3 Å². The molecule has 0 aliphatic heterocycles. The lowest BCUT2D eigenvalue weighted by atomic mass is 10.2. The van der Waals surface area contributed by atoms with Crippen molar-refractivity contribution in [3.8, 4) is 0 Å². The molecule has 0 unspecified atom stereocenters. The van der Waals surface area contributed by atoms with Crippen LogP contribution in [-0.4, -0.2) is 4.98 Å². The Hall–Kier alpha value is -2.13. The van der Waals surface area contributed by atoms with Crippen LogP contribution < -0.4 is 5.32 Å². The molecule has 1 heterocycles. The van der Waals surface area contributed by atoms with E-state index < -0.39 is 0 Å². The van der Waals surface area contributed by atoms with Gasteiger partial charge in [-0.15, -0.1) is 0 Å². The highest BCUT2D eigenvalue weighted by molar-refractivity contribution is 6.35. The van der Waals surface area contributed by atoms with Crippen molar-refractivity contribution in [3.63, 3.8) is 0 Å². The third-order valence-electron chi connectivity index (χ3n) is 2.86. The zero-order chi connectivity index (χ0) is 13.2. The molecular formula is C15H10ClFN2. The lowest BCUT2D eigenvalue weighted by Crippen LogP contribution is -1.95. The fourth-order valence-electron chi connectivity index (χ4n) is 1.96. The molecule has 0 atom stereocenters. The van der Waals surface area contributed by atoms with Crippen LogP contribution in [0.5, 0.6) is 0 Å². The molecule has 0 aliphatic rings. The fourth-order valence-corrected chi connectivity index (χ4v) is 2.18. The summed E-state index contributed by atoms with van der Waals surface area (Å²) in [6.45, 7) is 0. The molecule has 1 N–H and O–H groups in total. The number of pyridine rings is 1. The summed E-state index contributed by atoms with van der Waals surface area (Å²) < 4.78 is 13.7. The van der Waals surface area contributed by atoms with Crippen LogP contribution in [0.4, 0.5) is 15.8 Å². The van der Waals surface area contributed by atoms with Crippen LogP contribution in [0.2, 0.25) is 5.02 Å². The van der Waals surface area contributed by atoms with Crippen LogP contribution in [0, 0.1) is 5.82 Å². The van der Waals surface area contributed by atoms with Crippen molar-refractivity contribution >= 4 is 33.9 Å². The first-order valence-corrected chi connectivity index (χ1v) is 6.18. The summed E-state index contributed by atoms with van der Waals surface area (Å²) in [5, 5.41) is 4.51. The number of nitrogens with one attached hydrogen (secondary N) is 1. The number of benzene rings is 2. The Labute approximate surface area is 114 Å². The fraction of sp³-hybridized carbons (Fsp3) is 0. The number of halogens is 2. The third-order valence-corrected chi connectivity index (χ3v) is 3.17. The highest BCUT2D eigenvalue weighted by atomic mass is 35.5. The maximum Gasteiger partial charge on any atom is 0.146 e. The Bertz CT molecular complexity index is 743. The van der Waals surface area contributed by atoms with Crippen molar-refractivity contribution in [2.24, 2.45) is 0 Å². The molecule has 0 radical (unpaired) electrons. The van der Waals surface area contributed by atoms with Gasteiger partial charge < -0.3 is 5.32 Å². The molecule has 19 heavy (non-hydrogen) atoms. The Morgan fingerprint density at radius 3 is 2.63 bits per heavy atom. The van der Waals surface area contributed by atoms with E-state index in [1.165, 1.54) is 6.07 Å². The van der Waals surface area contributed by atoms with Gasteiger partial charge in [-0.3, -0.25) is 4.98 Å². The van der Waals surface area contributed by atoms with E-state index in [0.29, 0.717) is 16.2 Å². The number of rotatable bonds is 2. The van der Waals surface area contributed by atoms with E-state index >= 15 is 0 Å². The number of hydrogen-bond acceptors (Lipinski definition) is 2. The summed E-state index contributed by atoms with van der Waals surface area (Å²) in [5.74, 6) is -0.297. The van der Waals surface area contributed by atoms with Crippen molar-refractivity contribution in [2.75, 3.05) is 5.32 Å². The molecule has 0 spiro atoms. The summed E-state index contributed by atoms with van der Waals surface area (Å²) in [6, 6.07) is 13.9. The molecule has 0 amide bonds. The first kappa shape index (κ1) is 11.9. The monoisotopic (exact) mass is 272 g/mol. The molecule has 1 aromatic heterocycles. The van der Waals surface area contributed by atoms with E-state index in [1.54, 1.807) is 36.5 Å². The predicted octanol–water partition coefficient (Wildman–Crippen LogP) is 4.77. The minimum atomic E-state index is -0.297. The number of nitrogens with zero attached hydrogens (tertiary/aromatic N) is 1. The van der Waals surface area contributed by atoms with Gasteiger partial charge in [-0.05, 0) is 24.3 Å². The second-order valence-electron chi connectivity index (χ2n) is 4.10. The van der Waals surface area contributed by atoms with E-state index in [0.717, 1.165) is 11.1 Å². The highest BCUT2D eigenvalue weighted by Gasteiger charge is 2.07. The summed E-state index contributed by atoms with van der Waals surface area (Å²) in [6.07, 6.45) is 1.65. The van der Waals surface area contributed by atoms with Crippen LogP contribution in [0.15, 0.2) is 54.7 Å². The zero-order valence-corrected chi connectivity index (χ0v) is 10.7. The molecule has 4 heteroatoms. The number of aromatic nitrogens is 1. The van der Waals surface area contributed by atoms with Crippen molar-refractivity contribution < 1.29 is 4.39 Å². The topological polar surface area (TPSA) is 24.9 Å². The minimum absolute atomic E-state index is 0.297. The van der Waals surface area contributed by atoms with Gasteiger partial charge in [-0.25, -0.2) is 4.39 Å². The maximum atomic E-state index is 13.7. The summed E-state index contributed by atoms with van der Waals surface area (Å²) in [7, 11) is 0. The van der Waals surface area contributed by atoms with E-state index in [1.807, 2.05) is 12.1 Å². The van der Waals surface area contributed by atoms with Crippen LogP contribution in [-0.2, 0) is 0 Å². The van der Waals surface area contributed by atoms with Crippen molar-refractivity contribution in [2.45, 2.75) is 0 Å². The van der Waals surface area contributed by atoms with Gasteiger partial charge in [0.05, 0.1) is 16.2 Å². The largest absolute Gasteiger partial charge is 0.353 e. The van der Waals surface area contributed by atoms with Crippen molar-refractivity contribution in [3.05, 3.63) is 65.6 Å². The normalized spacial score (nSPS) is 10.6. The van der Waals surface area contributed by atoms with Gasteiger partial charge in [-0.1, -0.05) is 35.9 Å². The maximum absolute atomic E-state index is 13.7.